The zero-order valence-corrected chi connectivity index (χ0v) is 17.0. The van der Waals surface area contributed by atoms with E-state index in [0.29, 0.717) is 11.4 Å². The number of fused-ring (bicyclic) bond motifs is 1. The molecule has 0 bridgehead atoms. The fourth-order valence-electron chi connectivity index (χ4n) is 3.06. The maximum Gasteiger partial charge on any atom is 0.258 e. The number of nitrogens with one attached hydrogen (secondary N) is 2. The van der Waals surface area contributed by atoms with Gasteiger partial charge in [-0.1, -0.05) is 36.4 Å². The molecule has 2 amide bonds. The average molecular weight is 414 g/mol. The highest BCUT2D eigenvalue weighted by Gasteiger charge is 2.16. The van der Waals surface area contributed by atoms with Crippen molar-refractivity contribution in [1.82, 2.24) is 14.7 Å². The highest BCUT2D eigenvalue weighted by Crippen LogP contribution is 2.21. The molecule has 1 atom stereocenters. The molecule has 0 aliphatic carbocycles. The molecule has 7 heteroatoms. The summed E-state index contributed by atoms with van der Waals surface area (Å²) in [5.74, 6) is -0.0808. The second-order valence-corrected chi connectivity index (χ2v) is 7.05. The van der Waals surface area contributed by atoms with Crippen LogP contribution in [0.4, 0.5) is 5.69 Å². The van der Waals surface area contributed by atoms with Gasteiger partial charge in [0.1, 0.15) is 17.4 Å². The van der Waals surface area contributed by atoms with E-state index in [0.717, 1.165) is 16.9 Å². The van der Waals surface area contributed by atoms with E-state index in [1.54, 1.807) is 19.1 Å². The van der Waals surface area contributed by atoms with Crippen LogP contribution in [0.15, 0.2) is 85.2 Å². The molecule has 31 heavy (non-hydrogen) atoms. The van der Waals surface area contributed by atoms with E-state index < -0.39 is 6.04 Å². The summed E-state index contributed by atoms with van der Waals surface area (Å²) in [6, 6.07) is 21.6. The smallest absolute Gasteiger partial charge is 0.258 e. The van der Waals surface area contributed by atoms with Crippen LogP contribution in [0.5, 0.6) is 5.75 Å². The van der Waals surface area contributed by atoms with Crippen molar-refractivity contribution < 1.29 is 14.3 Å². The number of imidazole rings is 1. The highest BCUT2D eigenvalue weighted by atomic mass is 16.5. The largest absolute Gasteiger partial charge is 0.484 e. The minimum atomic E-state index is -0.704. The van der Waals surface area contributed by atoms with Crippen molar-refractivity contribution in [3.05, 3.63) is 85.2 Å². The first-order valence-corrected chi connectivity index (χ1v) is 9.91. The lowest BCUT2D eigenvalue weighted by molar-refractivity contribution is -0.127. The first-order chi connectivity index (χ1) is 15.1. The molecular formula is C24H22N4O3. The molecule has 0 saturated carbocycles. The van der Waals surface area contributed by atoms with Crippen LogP contribution in [0.1, 0.15) is 6.92 Å². The molecule has 0 aliphatic heterocycles. The zero-order chi connectivity index (χ0) is 21.6. The molecule has 0 saturated heterocycles. The average Bonchev–Trinajstić information content (AvgIpc) is 3.23. The summed E-state index contributed by atoms with van der Waals surface area (Å²) in [5, 5.41) is 5.44. The topological polar surface area (TPSA) is 84.7 Å². The van der Waals surface area contributed by atoms with E-state index >= 15 is 0 Å². The van der Waals surface area contributed by atoms with Crippen molar-refractivity contribution >= 4 is 23.1 Å². The van der Waals surface area contributed by atoms with Gasteiger partial charge in [-0.05, 0) is 43.3 Å². The molecular weight excluding hydrogens is 392 g/mol. The highest BCUT2D eigenvalue weighted by molar-refractivity contribution is 5.97. The number of carbonyl (C=O) groups excluding carboxylic acids is 2. The van der Waals surface area contributed by atoms with Gasteiger partial charge in [0.25, 0.3) is 5.91 Å². The van der Waals surface area contributed by atoms with Crippen LogP contribution in [0, 0.1) is 0 Å². The molecule has 0 fully saturated rings. The van der Waals surface area contributed by atoms with Crippen LogP contribution in [0.25, 0.3) is 16.9 Å². The molecule has 0 spiro atoms. The maximum absolute atomic E-state index is 12.4. The third-order valence-electron chi connectivity index (χ3n) is 4.70. The first-order valence-electron chi connectivity index (χ1n) is 9.91. The van der Waals surface area contributed by atoms with E-state index in [1.165, 1.54) is 0 Å². The molecule has 4 rings (SSSR count). The molecule has 0 aliphatic rings. The van der Waals surface area contributed by atoms with Crippen LogP contribution in [0.3, 0.4) is 0 Å². The molecule has 2 aromatic carbocycles. The second-order valence-electron chi connectivity index (χ2n) is 7.05. The van der Waals surface area contributed by atoms with Crippen molar-refractivity contribution in [1.29, 1.82) is 0 Å². The number of para-hydroxylation sites is 1. The third-order valence-corrected chi connectivity index (χ3v) is 4.70. The predicted octanol–water partition coefficient (Wildman–Crippen LogP) is 3.52. The monoisotopic (exact) mass is 414 g/mol. The van der Waals surface area contributed by atoms with Gasteiger partial charge in [-0.2, -0.15) is 0 Å². The zero-order valence-electron chi connectivity index (χ0n) is 17.0. The number of carbonyl (C=O) groups is 2. The summed E-state index contributed by atoms with van der Waals surface area (Å²) in [7, 11) is 0. The van der Waals surface area contributed by atoms with Crippen molar-refractivity contribution in [3.8, 4) is 17.0 Å². The summed E-state index contributed by atoms with van der Waals surface area (Å²) in [4.78, 5) is 29.0. The summed E-state index contributed by atoms with van der Waals surface area (Å²) in [5.41, 5.74) is 3.30. The van der Waals surface area contributed by atoms with Crippen molar-refractivity contribution in [2.45, 2.75) is 13.0 Å². The van der Waals surface area contributed by atoms with Crippen molar-refractivity contribution in [2.75, 3.05) is 11.9 Å². The van der Waals surface area contributed by atoms with Crippen LogP contribution >= 0.6 is 0 Å². The Hall–Kier alpha value is -4.13. The number of anilines is 1. The Balaban J connectivity index is 1.31. The molecule has 156 valence electrons. The number of ether oxygens (including phenoxy) is 1. The fourth-order valence-corrected chi connectivity index (χ4v) is 3.06. The molecule has 0 radical (unpaired) electrons. The van der Waals surface area contributed by atoms with Crippen molar-refractivity contribution in [3.63, 3.8) is 0 Å². The molecule has 1 unspecified atom stereocenters. The lowest BCUT2D eigenvalue weighted by atomic mass is 10.1. The number of nitrogens with zero attached hydrogens (tertiary/aromatic N) is 2. The number of amides is 2. The van der Waals surface area contributed by atoms with E-state index in [9.17, 15) is 9.59 Å². The van der Waals surface area contributed by atoms with Gasteiger partial charge in [0.15, 0.2) is 6.61 Å². The standard InChI is InChI=1S/C24H22N4O3/c1-17(25-23(29)16-31-20-7-3-2-4-8-20)24(30)26-19-12-10-18(11-13-19)21-15-28-14-6-5-9-22(28)27-21/h2-15,17H,16H2,1H3,(H,25,29)(H,26,30). The van der Waals surface area contributed by atoms with Gasteiger partial charge in [-0.3, -0.25) is 9.59 Å². The SMILES string of the molecule is CC(NC(=O)COc1ccccc1)C(=O)Nc1ccc(-c2cn3ccccc3n2)cc1. The molecule has 2 N–H and O–H groups in total. The number of hydrogen-bond acceptors (Lipinski definition) is 4. The van der Waals surface area contributed by atoms with Gasteiger partial charge in [-0.15, -0.1) is 0 Å². The number of hydrogen-bond donors (Lipinski definition) is 2. The number of pyridine rings is 1. The predicted molar refractivity (Wildman–Crippen MR) is 119 cm³/mol. The number of aromatic nitrogens is 2. The summed E-state index contributed by atoms with van der Waals surface area (Å²) >= 11 is 0. The van der Waals surface area contributed by atoms with E-state index in [4.69, 9.17) is 4.74 Å². The lowest BCUT2D eigenvalue weighted by Gasteiger charge is -2.14. The Morgan fingerprint density at radius 3 is 2.48 bits per heavy atom. The first kappa shape index (κ1) is 20.2. The van der Waals surface area contributed by atoms with Crippen LogP contribution in [0.2, 0.25) is 0 Å². The molecule has 7 nitrogen and oxygen atoms in total. The van der Waals surface area contributed by atoms with Gasteiger partial charge in [-0.25, -0.2) is 4.98 Å². The maximum atomic E-state index is 12.4. The van der Waals surface area contributed by atoms with Crippen LogP contribution in [-0.4, -0.2) is 33.8 Å². The summed E-state index contributed by atoms with van der Waals surface area (Å²) in [6.45, 7) is 1.47. The van der Waals surface area contributed by atoms with Gasteiger partial charge in [0.05, 0.1) is 5.69 Å². The molecule has 2 aromatic heterocycles. The van der Waals surface area contributed by atoms with E-state index in [2.05, 4.69) is 15.6 Å². The molecule has 4 aromatic rings. The van der Waals surface area contributed by atoms with E-state index in [1.807, 2.05) is 77.5 Å². The second kappa shape index (κ2) is 9.13. The summed E-state index contributed by atoms with van der Waals surface area (Å²) in [6.07, 6.45) is 3.90. The Morgan fingerprint density at radius 1 is 1.00 bits per heavy atom. The van der Waals surface area contributed by atoms with Crippen LogP contribution < -0.4 is 15.4 Å². The Bertz CT molecular complexity index is 1150. The normalized spacial score (nSPS) is 11.6. The Morgan fingerprint density at radius 2 is 1.74 bits per heavy atom. The molecule has 2 heterocycles. The van der Waals surface area contributed by atoms with Gasteiger partial charge >= 0.3 is 0 Å². The quantitative estimate of drug-likeness (QED) is 0.485. The minimum absolute atomic E-state index is 0.157. The van der Waals surface area contributed by atoms with Gasteiger partial charge < -0.3 is 19.8 Å². The van der Waals surface area contributed by atoms with Crippen LogP contribution in [-0.2, 0) is 9.59 Å². The number of rotatable bonds is 7. The Labute approximate surface area is 179 Å². The summed E-state index contributed by atoms with van der Waals surface area (Å²) < 4.78 is 7.35. The lowest BCUT2D eigenvalue weighted by Crippen LogP contribution is -2.43. The minimum Gasteiger partial charge on any atom is -0.484 e. The Kier molecular flexibility index (Phi) is 5.93. The third kappa shape index (κ3) is 5.08. The number of benzene rings is 2. The van der Waals surface area contributed by atoms with E-state index in [-0.39, 0.29) is 18.4 Å². The van der Waals surface area contributed by atoms with Gasteiger partial charge in [0.2, 0.25) is 5.91 Å². The fraction of sp³-hybridized carbons (Fsp3) is 0.125. The van der Waals surface area contributed by atoms with Gasteiger partial charge in [0, 0.05) is 23.6 Å². The van der Waals surface area contributed by atoms with Crippen molar-refractivity contribution in [2.24, 2.45) is 0 Å².